The number of carboxylic acids is 1. The summed E-state index contributed by atoms with van der Waals surface area (Å²) in [5.74, 6) is 0.432. The molecule has 6 heteroatoms. The monoisotopic (exact) mass is 355 g/mol. The quantitative estimate of drug-likeness (QED) is 0.871. The highest BCUT2D eigenvalue weighted by atomic mass is 79.9. The maximum Gasteiger partial charge on any atom is 0.307 e. The van der Waals surface area contributed by atoms with Gasteiger partial charge in [-0.3, -0.25) is 4.79 Å². The molecule has 114 valence electrons. The van der Waals surface area contributed by atoms with Gasteiger partial charge in [-0.05, 0) is 46.0 Å². The van der Waals surface area contributed by atoms with Crippen molar-refractivity contribution in [2.45, 2.75) is 25.8 Å². The Morgan fingerprint density at radius 1 is 1.48 bits per heavy atom. The van der Waals surface area contributed by atoms with Gasteiger partial charge in [-0.25, -0.2) is 0 Å². The molecule has 1 aromatic carbocycles. The summed E-state index contributed by atoms with van der Waals surface area (Å²) in [6, 6.07) is 2.05. The van der Waals surface area contributed by atoms with E-state index in [0.717, 1.165) is 33.5 Å². The summed E-state index contributed by atoms with van der Waals surface area (Å²) < 4.78 is 12.3. The molecule has 2 aliphatic rings. The average Bonchev–Trinajstić information content (AvgIpc) is 2.97. The van der Waals surface area contributed by atoms with Gasteiger partial charge in [0.2, 0.25) is 0 Å². The van der Waals surface area contributed by atoms with Crippen LogP contribution in [-0.4, -0.2) is 30.8 Å². The fourth-order valence-corrected chi connectivity index (χ4v) is 3.85. The first kappa shape index (κ1) is 14.7. The van der Waals surface area contributed by atoms with Crippen LogP contribution in [0.3, 0.4) is 0 Å². The Labute approximate surface area is 131 Å². The largest absolute Gasteiger partial charge is 0.486 e. The van der Waals surface area contributed by atoms with Gasteiger partial charge in [-0.15, -0.1) is 0 Å². The fraction of sp³-hybridized carbons (Fsp3) is 0.533. The predicted molar refractivity (Wildman–Crippen MR) is 81.0 cm³/mol. The van der Waals surface area contributed by atoms with Gasteiger partial charge in [0, 0.05) is 12.6 Å². The number of halogens is 1. The fourth-order valence-electron chi connectivity index (χ4n) is 3.03. The third kappa shape index (κ3) is 2.62. The molecular formula is C15H18BrNO4. The smallest absolute Gasteiger partial charge is 0.307 e. The van der Waals surface area contributed by atoms with Gasteiger partial charge in [0.15, 0.2) is 11.5 Å². The highest BCUT2D eigenvalue weighted by Gasteiger charge is 2.33. The van der Waals surface area contributed by atoms with E-state index in [-0.39, 0.29) is 12.0 Å². The third-order valence-corrected chi connectivity index (χ3v) is 4.96. The Morgan fingerprint density at radius 2 is 2.24 bits per heavy atom. The standard InChI is InChI=1S/C15H18BrNO4/c1-2-9-10(11-5-8(7-17-11)15(18)19)6-12-14(13(9)16)21-4-3-20-12/h6,8,11,17H,2-5,7H2,1H3,(H,18,19). The van der Waals surface area contributed by atoms with Crippen LogP contribution >= 0.6 is 15.9 Å². The number of ether oxygens (including phenoxy) is 2. The minimum Gasteiger partial charge on any atom is -0.486 e. The minimum atomic E-state index is -0.736. The number of hydrogen-bond acceptors (Lipinski definition) is 4. The van der Waals surface area contributed by atoms with Crippen LogP contribution < -0.4 is 14.8 Å². The highest BCUT2D eigenvalue weighted by molar-refractivity contribution is 9.10. The summed E-state index contributed by atoms with van der Waals surface area (Å²) in [7, 11) is 0. The lowest BCUT2D eigenvalue weighted by Gasteiger charge is -2.25. The average molecular weight is 356 g/mol. The maximum absolute atomic E-state index is 11.1. The van der Waals surface area contributed by atoms with Crippen LogP contribution in [0.5, 0.6) is 11.5 Å². The molecule has 0 amide bonds. The van der Waals surface area contributed by atoms with Crippen LogP contribution in [0.25, 0.3) is 0 Å². The first-order valence-electron chi connectivity index (χ1n) is 7.18. The lowest BCUT2D eigenvalue weighted by Crippen LogP contribution is -2.20. The summed E-state index contributed by atoms with van der Waals surface area (Å²) in [6.45, 7) is 3.69. The lowest BCUT2D eigenvalue weighted by molar-refractivity contribution is -0.141. The van der Waals surface area contributed by atoms with Gasteiger partial charge in [-0.1, -0.05) is 6.92 Å². The second-order valence-electron chi connectivity index (χ2n) is 5.37. The van der Waals surface area contributed by atoms with E-state index < -0.39 is 5.97 Å². The summed E-state index contributed by atoms with van der Waals surface area (Å²) >= 11 is 3.62. The van der Waals surface area contributed by atoms with Crippen molar-refractivity contribution < 1.29 is 19.4 Å². The zero-order valence-corrected chi connectivity index (χ0v) is 13.4. The third-order valence-electron chi connectivity index (χ3n) is 4.12. The molecular weight excluding hydrogens is 338 g/mol. The van der Waals surface area contributed by atoms with E-state index in [1.54, 1.807) is 0 Å². The molecule has 1 fully saturated rings. The Bertz CT molecular complexity index is 575. The van der Waals surface area contributed by atoms with Gasteiger partial charge in [0.05, 0.1) is 10.4 Å². The van der Waals surface area contributed by atoms with Crippen LogP contribution in [0, 0.1) is 5.92 Å². The zero-order valence-electron chi connectivity index (χ0n) is 11.8. The zero-order chi connectivity index (χ0) is 15.0. The van der Waals surface area contributed by atoms with Crippen molar-refractivity contribution in [1.82, 2.24) is 5.32 Å². The van der Waals surface area contributed by atoms with Crippen molar-refractivity contribution in [2.24, 2.45) is 5.92 Å². The molecule has 0 aliphatic carbocycles. The van der Waals surface area contributed by atoms with Gasteiger partial charge >= 0.3 is 5.97 Å². The maximum atomic E-state index is 11.1. The topological polar surface area (TPSA) is 67.8 Å². The van der Waals surface area contributed by atoms with E-state index in [1.807, 2.05) is 6.07 Å². The van der Waals surface area contributed by atoms with Crippen LogP contribution in [0.4, 0.5) is 0 Å². The van der Waals surface area contributed by atoms with Crippen molar-refractivity contribution >= 4 is 21.9 Å². The molecule has 2 aliphatic heterocycles. The molecule has 0 radical (unpaired) electrons. The molecule has 0 bridgehead atoms. The van der Waals surface area contributed by atoms with Gasteiger partial charge < -0.3 is 19.9 Å². The molecule has 0 spiro atoms. The molecule has 3 rings (SSSR count). The number of nitrogens with one attached hydrogen (secondary N) is 1. The number of aliphatic carboxylic acids is 1. The van der Waals surface area contributed by atoms with Crippen molar-refractivity contribution in [3.05, 3.63) is 21.7 Å². The van der Waals surface area contributed by atoms with Crippen LogP contribution in [0.1, 0.15) is 30.5 Å². The summed E-state index contributed by atoms with van der Waals surface area (Å²) in [4.78, 5) is 11.1. The SMILES string of the molecule is CCc1c(C2CC(C(=O)O)CN2)cc2c(c1Br)OCCO2. The molecule has 2 atom stereocenters. The second-order valence-corrected chi connectivity index (χ2v) is 6.16. The summed E-state index contributed by atoms with van der Waals surface area (Å²) in [5, 5.41) is 12.5. The summed E-state index contributed by atoms with van der Waals surface area (Å²) in [5.41, 5.74) is 2.26. The van der Waals surface area contributed by atoms with Crippen LogP contribution in [0.15, 0.2) is 10.5 Å². The van der Waals surface area contributed by atoms with E-state index in [2.05, 4.69) is 28.2 Å². The molecule has 2 heterocycles. The van der Waals surface area contributed by atoms with Gasteiger partial charge in [0.1, 0.15) is 13.2 Å². The van der Waals surface area contributed by atoms with Crippen molar-refractivity contribution in [3.63, 3.8) is 0 Å². The van der Waals surface area contributed by atoms with Crippen molar-refractivity contribution in [3.8, 4) is 11.5 Å². The minimum absolute atomic E-state index is 0.0492. The summed E-state index contributed by atoms with van der Waals surface area (Å²) in [6.07, 6.45) is 1.46. The molecule has 2 unspecified atom stereocenters. The Morgan fingerprint density at radius 3 is 2.90 bits per heavy atom. The number of rotatable bonds is 3. The number of benzene rings is 1. The Kier molecular flexibility index (Phi) is 4.08. The molecule has 1 saturated heterocycles. The van der Waals surface area contributed by atoms with Crippen molar-refractivity contribution in [2.75, 3.05) is 19.8 Å². The van der Waals surface area contributed by atoms with E-state index in [0.29, 0.717) is 26.2 Å². The number of fused-ring (bicyclic) bond motifs is 1. The number of hydrogen-bond donors (Lipinski definition) is 2. The van der Waals surface area contributed by atoms with E-state index in [9.17, 15) is 4.79 Å². The molecule has 0 saturated carbocycles. The molecule has 21 heavy (non-hydrogen) atoms. The van der Waals surface area contributed by atoms with Gasteiger partial charge in [-0.2, -0.15) is 0 Å². The first-order chi connectivity index (χ1) is 10.1. The highest BCUT2D eigenvalue weighted by Crippen LogP contribution is 2.44. The van der Waals surface area contributed by atoms with E-state index in [1.165, 1.54) is 0 Å². The number of carboxylic acid groups (broad SMARTS) is 1. The van der Waals surface area contributed by atoms with E-state index in [4.69, 9.17) is 14.6 Å². The van der Waals surface area contributed by atoms with E-state index >= 15 is 0 Å². The Hall–Kier alpha value is -1.27. The molecule has 1 aromatic rings. The molecule has 2 N–H and O–H groups in total. The molecule has 0 aromatic heterocycles. The van der Waals surface area contributed by atoms with Crippen LogP contribution in [0.2, 0.25) is 0 Å². The predicted octanol–water partition coefficient (Wildman–Crippen LogP) is 2.52. The van der Waals surface area contributed by atoms with Gasteiger partial charge in [0.25, 0.3) is 0 Å². The Balaban J connectivity index is 1.98. The van der Waals surface area contributed by atoms with Crippen molar-refractivity contribution in [1.29, 1.82) is 0 Å². The lowest BCUT2D eigenvalue weighted by atomic mass is 9.94. The first-order valence-corrected chi connectivity index (χ1v) is 7.98. The number of carbonyl (C=O) groups is 1. The molecule has 5 nitrogen and oxygen atoms in total. The normalized spacial score (nSPS) is 24.1. The second kappa shape index (κ2) is 5.85. The van der Waals surface area contributed by atoms with Crippen LogP contribution in [-0.2, 0) is 11.2 Å².